The Morgan fingerprint density at radius 1 is 0.594 bits per heavy atom. The van der Waals surface area contributed by atoms with Gasteiger partial charge in [0, 0.05) is 50.2 Å². The molecular formula is C49H84N6O14. The quantitative estimate of drug-likeness (QED) is 0.0604. The molecule has 2 aromatic heterocycles. The molecule has 1 aromatic carbocycles. The van der Waals surface area contributed by atoms with Crippen LogP contribution in [0.15, 0.2) is 18.2 Å². The van der Waals surface area contributed by atoms with Gasteiger partial charge in [0.15, 0.2) is 5.82 Å². The zero-order valence-corrected chi connectivity index (χ0v) is 42.1. The second-order valence-corrected chi connectivity index (χ2v) is 17.2. The number of carbonyl (C=O) groups excluding carboxylic acids is 1. The summed E-state index contributed by atoms with van der Waals surface area (Å²) in [4.78, 5) is 29.4. The molecule has 3 heterocycles. The fourth-order valence-electron chi connectivity index (χ4n) is 6.96. The van der Waals surface area contributed by atoms with Gasteiger partial charge in [-0.25, -0.2) is 9.97 Å². The predicted molar refractivity (Wildman–Crippen MR) is 263 cm³/mol. The fourth-order valence-corrected chi connectivity index (χ4v) is 6.96. The van der Waals surface area contributed by atoms with Crippen molar-refractivity contribution in [3.63, 3.8) is 0 Å². The highest BCUT2D eigenvalue weighted by molar-refractivity contribution is 6.07. The van der Waals surface area contributed by atoms with E-state index in [4.69, 9.17) is 72.3 Å². The first-order valence-electron chi connectivity index (χ1n) is 24.9. The molecule has 3 aromatic rings. The van der Waals surface area contributed by atoms with E-state index in [0.717, 1.165) is 79.7 Å². The highest BCUT2D eigenvalue weighted by atomic mass is 16.6. The molecule has 1 aliphatic heterocycles. The van der Waals surface area contributed by atoms with Gasteiger partial charge in [0.2, 0.25) is 0 Å². The number of unbranched alkanes of at least 4 members (excludes halogenated alkanes) is 1. The normalized spacial score (nSPS) is 13.7. The number of hydrogen-bond acceptors (Lipinski definition) is 19. The number of nitrogens with one attached hydrogen (secondary N) is 1. The lowest BCUT2D eigenvalue weighted by Crippen LogP contribution is -2.47. The summed E-state index contributed by atoms with van der Waals surface area (Å²) < 4.78 is 71.8. The van der Waals surface area contributed by atoms with E-state index in [1.165, 1.54) is 5.69 Å². The number of nitrogens with zero attached hydrogens (tertiary/aromatic N) is 4. The molecule has 0 aliphatic carbocycles. The molecule has 4 rings (SSSR count). The van der Waals surface area contributed by atoms with Crippen LogP contribution in [0.1, 0.15) is 52.8 Å². The molecule has 69 heavy (non-hydrogen) atoms. The summed E-state index contributed by atoms with van der Waals surface area (Å²) in [6, 6.07) is 6.43. The number of fused-ring (bicyclic) bond motifs is 3. The number of pyridine rings is 1. The molecule has 1 aliphatic rings. The minimum Gasteiger partial charge on any atom is -0.460 e. The molecule has 0 unspecified atom stereocenters. The van der Waals surface area contributed by atoms with Crippen LogP contribution in [-0.4, -0.2) is 223 Å². The highest BCUT2D eigenvalue weighted by Crippen LogP contribution is 2.30. The molecule has 1 fully saturated rings. The van der Waals surface area contributed by atoms with Gasteiger partial charge in [-0.15, -0.1) is 0 Å². The van der Waals surface area contributed by atoms with E-state index in [1.54, 1.807) is 0 Å². The summed E-state index contributed by atoms with van der Waals surface area (Å²) in [6.45, 7) is 24.3. The van der Waals surface area contributed by atoms with Crippen LogP contribution in [0.4, 0.5) is 11.5 Å². The van der Waals surface area contributed by atoms with Crippen LogP contribution < -0.4 is 10.6 Å². The zero-order chi connectivity index (χ0) is 49.0. The molecule has 0 radical (unpaired) electrons. The molecule has 0 amide bonds. The third-order valence-corrected chi connectivity index (χ3v) is 10.5. The number of imidazole rings is 1. The molecule has 0 spiro atoms. The third kappa shape index (κ3) is 26.6. The lowest BCUT2D eigenvalue weighted by atomic mass is 10.1. The van der Waals surface area contributed by atoms with Crippen molar-refractivity contribution in [1.82, 2.24) is 19.9 Å². The van der Waals surface area contributed by atoms with Crippen LogP contribution in [0.2, 0.25) is 0 Å². The molecule has 0 saturated carbocycles. The zero-order valence-electron chi connectivity index (χ0n) is 42.1. The maximum Gasteiger partial charge on any atom is 0.308 e. The summed E-state index contributed by atoms with van der Waals surface area (Å²) in [5, 5.41) is 1.06. The molecule has 0 bridgehead atoms. The first-order chi connectivity index (χ1) is 33.7. The van der Waals surface area contributed by atoms with Gasteiger partial charge in [-0.1, -0.05) is 13.3 Å². The summed E-state index contributed by atoms with van der Waals surface area (Å²) in [6.07, 6.45) is 3.34. The number of aromatic nitrogens is 3. The number of rotatable bonds is 43. The number of hydrogen-bond donors (Lipinski definition) is 2. The Morgan fingerprint density at radius 2 is 1.01 bits per heavy atom. The van der Waals surface area contributed by atoms with Crippen LogP contribution >= 0.6 is 0 Å². The number of aryl methyl sites for hydroxylation is 1. The summed E-state index contributed by atoms with van der Waals surface area (Å²) in [7, 11) is 0. The van der Waals surface area contributed by atoms with Crippen molar-refractivity contribution in [2.75, 3.05) is 202 Å². The average molecular weight is 981 g/mol. The van der Waals surface area contributed by atoms with Gasteiger partial charge < -0.3 is 77.2 Å². The minimum absolute atomic E-state index is 0.228. The molecule has 3 N–H and O–H groups in total. The fraction of sp³-hybridized carbons (Fsp3) is 0.776. The van der Waals surface area contributed by atoms with Crippen molar-refractivity contribution in [1.29, 1.82) is 0 Å². The number of esters is 1. The van der Waals surface area contributed by atoms with Crippen LogP contribution in [0.5, 0.6) is 0 Å². The molecule has 0 atom stereocenters. The van der Waals surface area contributed by atoms with Gasteiger partial charge in [0.1, 0.15) is 16.9 Å². The maximum absolute atomic E-state index is 11.6. The van der Waals surface area contributed by atoms with E-state index in [-0.39, 0.29) is 12.4 Å². The van der Waals surface area contributed by atoms with Gasteiger partial charge >= 0.3 is 5.97 Å². The molecule has 20 heteroatoms. The SMILES string of the molecule is CCCCc1nc2c(N)nc3ccc(N4CCN(CCOCCOCCOCCOCCOCCOCCOCCOCCOCCOCCOCCOCCC(=O)OC(C)(C)C)CC4)cc3c2[nH]1. The largest absolute Gasteiger partial charge is 0.460 e. The maximum atomic E-state index is 11.6. The number of carbonyl (C=O) groups is 1. The van der Waals surface area contributed by atoms with Gasteiger partial charge in [-0.05, 0) is 45.4 Å². The van der Waals surface area contributed by atoms with Crippen molar-refractivity contribution in [3.8, 4) is 0 Å². The lowest BCUT2D eigenvalue weighted by molar-refractivity contribution is -0.156. The second-order valence-electron chi connectivity index (χ2n) is 17.2. The topological polar surface area (TPSA) is 211 Å². The smallest absolute Gasteiger partial charge is 0.308 e. The Labute approximate surface area is 409 Å². The highest BCUT2D eigenvalue weighted by Gasteiger charge is 2.19. The van der Waals surface area contributed by atoms with Crippen molar-refractivity contribution >= 4 is 39.4 Å². The number of H-pyrrole nitrogens is 1. The monoisotopic (exact) mass is 981 g/mol. The number of nitrogens with two attached hydrogens (primary N) is 1. The number of piperazine rings is 1. The molecule has 1 saturated heterocycles. The van der Waals surface area contributed by atoms with E-state index in [1.807, 2.05) is 20.8 Å². The van der Waals surface area contributed by atoms with E-state index in [0.29, 0.717) is 164 Å². The summed E-state index contributed by atoms with van der Waals surface area (Å²) >= 11 is 0. The van der Waals surface area contributed by atoms with E-state index >= 15 is 0 Å². The van der Waals surface area contributed by atoms with Crippen LogP contribution in [0.25, 0.3) is 21.9 Å². The van der Waals surface area contributed by atoms with Crippen LogP contribution in [0.3, 0.4) is 0 Å². The first-order valence-corrected chi connectivity index (χ1v) is 24.9. The average Bonchev–Trinajstić information content (AvgIpc) is 3.78. The molecular weight excluding hydrogens is 897 g/mol. The number of anilines is 2. The lowest BCUT2D eigenvalue weighted by Gasteiger charge is -2.36. The number of nitrogen functional groups attached to an aromatic ring is 1. The Balaban J connectivity index is 0.799. The second kappa shape index (κ2) is 36.6. The van der Waals surface area contributed by atoms with E-state index in [9.17, 15) is 4.79 Å². The minimum atomic E-state index is -0.479. The Bertz CT molecular complexity index is 1760. The summed E-state index contributed by atoms with van der Waals surface area (Å²) in [5.41, 5.74) is 9.61. The van der Waals surface area contributed by atoms with Gasteiger partial charge in [0.25, 0.3) is 0 Å². The van der Waals surface area contributed by atoms with Gasteiger partial charge in [-0.2, -0.15) is 0 Å². The predicted octanol–water partition coefficient (Wildman–Crippen LogP) is 4.09. The van der Waals surface area contributed by atoms with Crippen molar-refractivity contribution < 1.29 is 66.4 Å². The Kier molecular flexibility index (Phi) is 30.8. The number of ether oxygens (including phenoxy) is 13. The van der Waals surface area contributed by atoms with Crippen LogP contribution in [0, 0.1) is 0 Å². The van der Waals surface area contributed by atoms with Crippen molar-refractivity contribution in [3.05, 3.63) is 24.0 Å². The van der Waals surface area contributed by atoms with Crippen molar-refractivity contribution in [2.24, 2.45) is 0 Å². The van der Waals surface area contributed by atoms with E-state index < -0.39 is 5.60 Å². The molecule has 394 valence electrons. The number of benzene rings is 1. The summed E-state index contributed by atoms with van der Waals surface area (Å²) in [5.74, 6) is 1.18. The third-order valence-electron chi connectivity index (χ3n) is 10.5. The Hall–Kier alpha value is -3.35. The van der Waals surface area contributed by atoms with E-state index in [2.05, 4.69) is 44.9 Å². The Morgan fingerprint density at radius 3 is 1.43 bits per heavy atom. The first kappa shape index (κ1) is 58.2. The molecule has 20 nitrogen and oxygen atoms in total. The number of aromatic amines is 1. The van der Waals surface area contributed by atoms with Gasteiger partial charge in [0.05, 0.1) is 176 Å². The van der Waals surface area contributed by atoms with Crippen molar-refractivity contribution in [2.45, 2.75) is 59.0 Å². The van der Waals surface area contributed by atoms with Gasteiger partial charge in [-0.3, -0.25) is 9.69 Å². The van der Waals surface area contributed by atoms with Crippen LogP contribution in [-0.2, 0) is 72.8 Å². The standard InChI is InChI=1S/C49H84N6O14/c1-5-6-7-44-52-46-42-40-41(8-9-43(42)51-48(50)47(46)53-44)55-13-11-54(12-14-55)15-17-58-19-21-60-23-25-62-27-29-64-31-33-66-35-37-68-39-38-67-36-34-65-32-30-63-28-26-61-24-22-59-20-18-57-16-10-45(56)69-49(2,3)4/h8-9,40H,5-7,10-39H2,1-4H3,(H2,50,51)(H,52,53).